The van der Waals surface area contributed by atoms with Crippen LogP contribution in [0.15, 0.2) is 146 Å². The first kappa shape index (κ1) is 45.3. The van der Waals surface area contributed by atoms with Gasteiger partial charge in [-0.15, -0.1) is 0 Å². The van der Waals surface area contributed by atoms with E-state index in [1.54, 1.807) is 0 Å². The quantitative estimate of drug-likeness (QED) is 0.0412. The van der Waals surface area contributed by atoms with Gasteiger partial charge in [-0.05, 0) is 182 Å². The molecule has 322 valence electrons. The second kappa shape index (κ2) is 20.1. The number of esters is 3. The number of benzene rings is 6. The zero-order valence-corrected chi connectivity index (χ0v) is 37.6. The molecule has 0 saturated carbocycles. The molecule has 0 saturated heterocycles. The highest BCUT2D eigenvalue weighted by molar-refractivity contribution is 5.88. The maximum absolute atomic E-state index is 12.6. The number of hydrogen-bond donors (Lipinski definition) is 0. The third kappa shape index (κ3) is 11.2. The molecule has 0 aliphatic rings. The Bertz CT molecular complexity index is 2680. The van der Waals surface area contributed by atoms with Gasteiger partial charge in [0.2, 0.25) is 0 Å². The van der Waals surface area contributed by atoms with Gasteiger partial charge in [-0.3, -0.25) is 9.59 Å². The molecule has 8 heteroatoms. The minimum Gasteiger partial charge on any atom is -0.466 e. The number of carbonyl (C=O) groups excluding carboxylic acids is 3. The monoisotopic (exact) mass is 840 g/mol. The van der Waals surface area contributed by atoms with Gasteiger partial charge < -0.3 is 24.0 Å². The number of nitrogens with zero attached hydrogens (tertiary/aromatic N) is 2. The molecule has 0 aromatic heterocycles. The lowest BCUT2D eigenvalue weighted by molar-refractivity contribution is -0.144. The molecule has 0 bridgehead atoms. The lowest BCUT2D eigenvalue weighted by Crippen LogP contribution is -2.15. The fraction of sp³-hybridized carbons (Fsp3) is 0.218. The van der Waals surface area contributed by atoms with Crippen LogP contribution in [-0.4, -0.2) is 38.2 Å². The summed E-state index contributed by atoms with van der Waals surface area (Å²) >= 11 is 0. The number of methoxy groups -OCH3 is 1. The summed E-state index contributed by atoms with van der Waals surface area (Å²) in [6.07, 6.45) is 0.239. The Kier molecular flexibility index (Phi) is 14.5. The lowest BCUT2D eigenvalue weighted by atomic mass is 9.98. The van der Waals surface area contributed by atoms with Gasteiger partial charge in [-0.2, -0.15) is 0 Å². The van der Waals surface area contributed by atoms with Crippen LogP contribution >= 0.6 is 0 Å². The van der Waals surface area contributed by atoms with Gasteiger partial charge >= 0.3 is 17.9 Å². The summed E-state index contributed by atoms with van der Waals surface area (Å²) in [7, 11) is 1.26. The van der Waals surface area contributed by atoms with Gasteiger partial charge in [0.15, 0.2) is 0 Å². The molecule has 6 aromatic carbocycles. The van der Waals surface area contributed by atoms with Crippen molar-refractivity contribution in [3.05, 3.63) is 190 Å². The zero-order valence-electron chi connectivity index (χ0n) is 37.6. The number of rotatable bonds is 16. The van der Waals surface area contributed by atoms with Crippen LogP contribution in [0.25, 0.3) is 11.1 Å². The predicted octanol–water partition coefficient (Wildman–Crippen LogP) is 12.6. The van der Waals surface area contributed by atoms with Crippen molar-refractivity contribution in [2.45, 2.75) is 61.3 Å². The van der Waals surface area contributed by atoms with Crippen molar-refractivity contribution < 1.29 is 28.6 Å². The van der Waals surface area contributed by atoms with E-state index in [0.29, 0.717) is 0 Å². The fourth-order valence-electron chi connectivity index (χ4n) is 7.29. The third-order valence-corrected chi connectivity index (χ3v) is 11.2. The topological polar surface area (TPSA) is 85.4 Å². The van der Waals surface area contributed by atoms with Crippen molar-refractivity contribution in [1.29, 1.82) is 0 Å². The molecular formula is C55H56N2O6. The van der Waals surface area contributed by atoms with E-state index in [-0.39, 0.29) is 37.6 Å². The first-order chi connectivity index (χ1) is 30.1. The Balaban J connectivity index is 1.29. The van der Waals surface area contributed by atoms with Crippen molar-refractivity contribution in [1.82, 2.24) is 0 Å². The summed E-state index contributed by atoms with van der Waals surface area (Å²) in [5.74, 6) is -1.35. The van der Waals surface area contributed by atoms with Gasteiger partial charge in [-0.25, -0.2) is 4.79 Å². The van der Waals surface area contributed by atoms with E-state index >= 15 is 0 Å². The molecule has 0 aliphatic heterocycles. The zero-order chi connectivity index (χ0) is 45.4. The van der Waals surface area contributed by atoms with Crippen LogP contribution in [0.1, 0.15) is 51.4 Å². The van der Waals surface area contributed by atoms with E-state index in [1.807, 2.05) is 43.3 Å². The minimum absolute atomic E-state index is 0.0491. The summed E-state index contributed by atoms with van der Waals surface area (Å²) < 4.78 is 15.3. The molecule has 0 atom stereocenters. The fourth-order valence-corrected chi connectivity index (χ4v) is 7.29. The van der Waals surface area contributed by atoms with E-state index < -0.39 is 11.9 Å². The van der Waals surface area contributed by atoms with Crippen molar-refractivity contribution >= 4 is 52.0 Å². The first-order valence-corrected chi connectivity index (χ1v) is 21.0. The predicted molar refractivity (Wildman–Crippen MR) is 255 cm³/mol. The molecule has 0 N–H and O–H groups in total. The summed E-state index contributed by atoms with van der Waals surface area (Å²) in [5.41, 5.74) is 17.8. The number of hydrogen-bond acceptors (Lipinski definition) is 8. The highest BCUT2D eigenvalue weighted by Gasteiger charge is 2.20. The molecule has 0 heterocycles. The van der Waals surface area contributed by atoms with Gasteiger partial charge in [0.05, 0.1) is 25.5 Å². The molecular weight excluding hydrogens is 785 g/mol. The maximum Gasteiger partial charge on any atom is 0.336 e. The van der Waals surface area contributed by atoms with E-state index in [9.17, 15) is 14.4 Å². The van der Waals surface area contributed by atoms with Crippen molar-refractivity contribution in [2.24, 2.45) is 0 Å². The van der Waals surface area contributed by atoms with Gasteiger partial charge in [-0.1, -0.05) is 61.7 Å². The minimum atomic E-state index is -0.609. The summed E-state index contributed by atoms with van der Waals surface area (Å²) in [6, 6.07) is 42.1. The van der Waals surface area contributed by atoms with Crippen LogP contribution in [0.4, 0.5) is 34.1 Å². The Morgan fingerprint density at radius 2 is 0.873 bits per heavy atom. The third-order valence-electron chi connectivity index (χ3n) is 11.2. The van der Waals surface area contributed by atoms with Gasteiger partial charge in [0.25, 0.3) is 0 Å². The average molecular weight is 841 g/mol. The summed E-state index contributed by atoms with van der Waals surface area (Å²) in [4.78, 5) is 41.2. The number of ether oxygens (including phenoxy) is 3. The molecule has 63 heavy (non-hydrogen) atoms. The molecule has 8 nitrogen and oxygen atoms in total. The van der Waals surface area contributed by atoms with Crippen LogP contribution < -0.4 is 9.80 Å². The van der Waals surface area contributed by atoms with E-state index in [2.05, 4.69) is 154 Å². The first-order valence-electron chi connectivity index (χ1n) is 21.0. The second-order valence-corrected chi connectivity index (χ2v) is 16.3. The molecule has 0 unspecified atom stereocenters. The number of carbonyl (C=O) groups is 3. The Morgan fingerprint density at radius 1 is 0.476 bits per heavy atom. The van der Waals surface area contributed by atoms with Crippen LogP contribution in [0.3, 0.4) is 0 Å². The largest absolute Gasteiger partial charge is 0.466 e. The van der Waals surface area contributed by atoms with E-state index in [4.69, 9.17) is 9.47 Å². The lowest BCUT2D eigenvalue weighted by Gasteiger charge is -2.29. The van der Waals surface area contributed by atoms with Crippen LogP contribution in [0.5, 0.6) is 0 Å². The second-order valence-electron chi connectivity index (χ2n) is 16.3. The molecule has 0 fully saturated rings. The standard InChI is InChI=1S/C55H56N2O6/c1-35(2)33-62-53(58)31-43-13-21-47(22-14-43)56(49-19-11-36(3)38(5)29-49)51-25-17-45(27-40(51)7)46-18-26-52(41(8)28-46)57(50-20-12-37(4)39(6)30-50)48-23-15-44(16-24-48)32-54(59)63-34-42(9)55(60)61-10/h11-30H,1,9,31-34H2,2-8,10H3. The SMILES string of the molecule is C=C(C)COC(=O)Cc1ccc(N(c2ccc(C)c(C)c2)c2ccc(-c3ccc(N(c4ccc(CC(=O)OCC(=C)C(=O)OC)cc4)c4ccc(C)c(C)c4)c(C)c3)cc2C)cc1. The van der Waals surface area contributed by atoms with Crippen molar-refractivity contribution in [2.75, 3.05) is 30.1 Å². The van der Waals surface area contributed by atoms with Crippen molar-refractivity contribution in [3.8, 4) is 11.1 Å². The molecule has 0 aliphatic carbocycles. The molecule has 6 aromatic rings. The Morgan fingerprint density at radius 3 is 1.24 bits per heavy atom. The average Bonchev–Trinajstić information content (AvgIpc) is 3.26. The summed E-state index contributed by atoms with van der Waals surface area (Å²) in [5, 5.41) is 0. The number of anilines is 6. The molecule has 0 radical (unpaired) electrons. The highest BCUT2D eigenvalue weighted by atomic mass is 16.5. The molecule has 6 rings (SSSR count). The van der Waals surface area contributed by atoms with Gasteiger partial charge in [0, 0.05) is 34.1 Å². The maximum atomic E-state index is 12.6. The Hall–Kier alpha value is -7.19. The molecule has 0 spiro atoms. The number of aryl methyl sites for hydroxylation is 6. The smallest absolute Gasteiger partial charge is 0.336 e. The molecule has 0 amide bonds. The normalized spacial score (nSPS) is 10.8. The van der Waals surface area contributed by atoms with Crippen LogP contribution in [0, 0.1) is 41.5 Å². The van der Waals surface area contributed by atoms with Crippen LogP contribution in [-0.2, 0) is 41.4 Å². The van der Waals surface area contributed by atoms with E-state index in [1.165, 1.54) is 29.4 Å². The van der Waals surface area contributed by atoms with Gasteiger partial charge in [0.1, 0.15) is 13.2 Å². The van der Waals surface area contributed by atoms with Crippen molar-refractivity contribution in [3.63, 3.8) is 0 Å². The Labute approximate surface area is 372 Å². The summed E-state index contributed by atoms with van der Waals surface area (Å²) in [6.45, 7) is 22.0. The highest BCUT2D eigenvalue weighted by Crippen LogP contribution is 2.41. The van der Waals surface area contributed by atoms with Crippen LogP contribution in [0.2, 0.25) is 0 Å². The van der Waals surface area contributed by atoms with E-state index in [0.717, 1.165) is 73.1 Å².